The summed E-state index contributed by atoms with van der Waals surface area (Å²) >= 11 is 0. The highest BCUT2D eigenvalue weighted by Crippen LogP contribution is 2.54. The fourth-order valence-corrected chi connectivity index (χ4v) is 3.78. The van der Waals surface area contributed by atoms with Gasteiger partial charge in [0.05, 0.1) is 19.3 Å². The Hall–Kier alpha value is -0.870. The molecule has 1 aromatic rings. The Balaban J connectivity index is 2.84. The summed E-state index contributed by atoms with van der Waals surface area (Å²) in [6.45, 7) is 7.04. The highest BCUT2D eigenvalue weighted by atomic mass is 31.2. The van der Waals surface area contributed by atoms with Crippen molar-refractivity contribution < 1.29 is 23.5 Å². The number of hydrogen-bond donors (Lipinski definition) is 1. The molecule has 0 aliphatic rings. The van der Waals surface area contributed by atoms with Crippen LogP contribution in [0.15, 0.2) is 24.3 Å². The molecular formula is C15H25O5P. The minimum Gasteiger partial charge on any atom is -0.497 e. The maximum Gasteiger partial charge on any atom is 0.359 e. The van der Waals surface area contributed by atoms with Crippen LogP contribution in [0.2, 0.25) is 0 Å². The summed E-state index contributed by atoms with van der Waals surface area (Å²) in [6, 6.07) is 7.22. The standard InChI is InChI=1S/C15H25O5P/c1-11(2)19-21(17,20-12(3)4)15(16)10-13-6-8-14(18-5)9-7-13/h6-9,11-12,15-16H,10H2,1-5H3/t15-/m0/s1. The molecule has 0 saturated heterocycles. The van der Waals surface area contributed by atoms with Crippen LogP contribution < -0.4 is 4.74 Å². The van der Waals surface area contributed by atoms with Gasteiger partial charge in [0.1, 0.15) is 5.75 Å². The first-order chi connectivity index (χ1) is 9.76. The summed E-state index contributed by atoms with van der Waals surface area (Å²) in [4.78, 5) is 0. The molecule has 6 heteroatoms. The Morgan fingerprint density at radius 1 is 1.05 bits per heavy atom. The fourth-order valence-electron chi connectivity index (χ4n) is 1.84. The van der Waals surface area contributed by atoms with Crippen molar-refractivity contribution >= 4 is 7.60 Å². The Bertz CT molecular complexity index is 455. The van der Waals surface area contributed by atoms with E-state index in [2.05, 4.69) is 0 Å². The second kappa shape index (κ2) is 7.95. The molecule has 1 N–H and O–H groups in total. The largest absolute Gasteiger partial charge is 0.497 e. The van der Waals surface area contributed by atoms with E-state index >= 15 is 0 Å². The van der Waals surface area contributed by atoms with E-state index < -0.39 is 13.4 Å². The Labute approximate surface area is 126 Å². The first kappa shape index (κ1) is 18.2. The number of hydrogen-bond acceptors (Lipinski definition) is 5. The summed E-state index contributed by atoms with van der Waals surface area (Å²) in [7, 11) is -1.99. The molecule has 0 spiro atoms. The molecule has 1 aromatic carbocycles. The van der Waals surface area contributed by atoms with Gasteiger partial charge in [-0.15, -0.1) is 0 Å². The number of ether oxygens (including phenoxy) is 1. The Morgan fingerprint density at radius 2 is 1.52 bits per heavy atom. The smallest absolute Gasteiger partial charge is 0.359 e. The van der Waals surface area contributed by atoms with E-state index in [9.17, 15) is 9.67 Å². The molecule has 0 amide bonds. The topological polar surface area (TPSA) is 65.0 Å². The first-order valence-corrected chi connectivity index (χ1v) is 8.65. The van der Waals surface area contributed by atoms with Crippen molar-refractivity contribution in [3.05, 3.63) is 29.8 Å². The van der Waals surface area contributed by atoms with E-state index in [1.54, 1.807) is 46.9 Å². The zero-order valence-electron chi connectivity index (χ0n) is 13.3. The average molecular weight is 316 g/mol. The third kappa shape index (κ3) is 5.79. The summed E-state index contributed by atoms with van der Waals surface area (Å²) < 4.78 is 28.6. The highest BCUT2D eigenvalue weighted by molar-refractivity contribution is 7.54. The summed E-state index contributed by atoms with van der Waals surface area (Å²) in [5.41, 5.74) is 0.836. The lowest BCUT2D eigenvalue weighted by atomic mass is 10.1. The lowest BCUT2D eigenvalue weighted by Gasteiger charge is -2.26. The lowest BCUT2D eigenvalue weighted by Crippen LogP contribution is -2.20. The lowest BCUT2D eigenvalue weighted by molar-refractivity contribution is 0.101. The van der Waals surface area contributed by atoms with Crippen molar-refractivity contribution in [3.63, 3.8) is 0 Å². The molecule has 0 unspecified atom stereocenters. The van der Waals surface area contributed by atoms with Gasteiger partial charge in [0.25, 0.3) is 0 Å². The van der Waals surface area contributed by atoms with E-state index in [0.29, 0.717) is 0 Å². The van der Waals surface area contributed by atoms with Crippen LogP contribution in [-0.4, -0.2) is 30.3 Å². The van der Waals surface area contributed by atoms with Gasteiger partial charge in [0.2, 0.25) is 0 Å². The van der Waals surface area contributed by atoms with Crippen LogP contribution in [0.4, 0.5) is 0 Å². The van der Waals surface area contributed by atoms with Gasteiger partial charge >= 0.3 is 7.60 Å². The maximum absolute atomic E-state index is 12.7. The van der Waals surface area contributed by atoms with Crippen molar-refractivity contribution in [2.24, 2.45) is 0 Å². The first-order valence-electron chi connectivity index (χ1n) is 7.04. The molecule has 0 aliphatic heterocycles. The number of benzene rings is 1. The van der Waals surface area contributed by atoms with Crippen molar-refractivity contribution in [1.82, 2.24) is 0 Å². The molecule has 21 heavy (non-hydrogen) atoms. The van der Waals surface area contributed by atoms with Gasteiger partial charge in [-0.3, -0.25) is 4.57 Å². The van der Waals surface area contributed by atoms with Gasteiger partial charge in [-0.25, -0.2) is 0 Å². The molecule has 5 nitrogen and oxygen atoms in total. The SMILES string of the molecule is COc1ccc(C[C@@H](O)P(=O)(OC(C)C)OC(C)C)cc1. The van der Waals surface area contributed by atoms with E-state index in [-0.39, 0.29) is 18.6 Å². The minimum atomic E-state index is -3.58. The molecule has 1 rings (SSSR count). The molecule has 120 valence electrons. The second-order valence-corrected chi connectivity index (χ2v) is 7.48. The third-order valence-corrected chi connectivity index (χ3v) is 5.00. The van der Waals surface area contributed by atoms with Crippen LogP contribution in [0.1, 0.15) is 33.3 Å². The van der Waals surface area contributed by atoms with Crippen LogP contribution in [0.3, 0.4) is 0 Å². The number of aliphatic hydroxyl groups excluding tert-OH is 1. The number of methoxy groups -OCH3 is 1. The van der Waals surface area contributed by atoms with Crippen LogP contribution in [-0.2, 0) is 20.0 Å². The van der Waals surface area contributed by atoms with Gasteiger partial charge in [-0.2, -0.15) is 0 Å². The van der Waals surface area contributed by atoms with E-state index in [0.717, 1.165) is 11.3 Å². The third-order valence-electron chi connectivity index (χ3n) is 2.66. The zero-order chi connectivity index (χ0) is 16.0. The predicted octanol–water partition coefficient (Wildman–Crippen LogP) is 3.60. The molecule has 0 saturated carbocycles. The van der Waals surface area contributed by atoms with Crippen LogP contribution in [0.25, 0.3) is 0 Å². The van der Waals surface area contributed by atoms with Gasteiger partial charge in [0.15, 0.2) is 5.85 Å². The van der Waals surface area contributed by atoms with Crippen molar-refractivity contribution in [2.45, 2.75) is 52.2 Å². The summed E-state index contributed by atoms with van der Waals surface area (Å²) in [5.74, 6) is -0.469. The Morgan fingerprint density at radius 3 is 1.90 bits per heavy atom. The fraction of sp³-hybridized carbons (Fsp3) is 0.600. The molecular weight excluding hydrogens is 291 g/mol. The normalized spacial score (nSPS) is 13.7. The minimum absolute atomic E-state index is 0.195. The Kier molecular flexibility index (Phi) is 6.88. The molecule has 1 atom stereocenters. The number of rotatable bonds is 8. The average Bonchev–Trinajstić information content (AvgIpc) is 2.37. The highest BCUT2D eigenvalue weighted by Gasteiger charge is 2.36. The van der Waals surface area contributed by atoms with Crippen LogP contribution in [0.5, 0.6) is 5.75 Å². The van der Waals surface area contributed by atoms with E-state index in [1.807, 2.05) is 12.1 Å². The monoisotopic (exact) mass is 316 g/mol. The molecule has 0 heterocycles. The zero-order valence-corrected chi connectivity index (χ0v) is 14.2. The summed E-state index contributed by atoms with van der Waals surface area (Å²) in [6.07, 6.45) is -0.388. The van der Waals surface area contributed by atoms with Crippen molar-refractivity contribution in [1.29, 1.82) is 0 Å². The van der Waals surface area contributed by atoms with Gasteiger partial charge in [-0.05, 0) is 45.4 Å². The molecule has 0 aliphatic carbocycles. The maximum atomic E-state index is 12.7. The van der Waals surface area contributed by atoms with Crippen molar-refractivity contribution in [3.8, 4) is 5.75 Å². The van der Waals surface area contributed by atoms with Gasteiger partial charge in [0, 0.05) is 6.42 Å². The van der Waals surface area contributed by atoms with Crippen LogP contribution >= 0.6 is 7.60 Å². The molecule has 0 fully saturated rings. The van der Waals surface area contributed by atoms with E-state index in [4.69, 9.17) is 13.8 Å². The van der Waals surface area contributed by atoms with Crippen LogP contribution in [0, 0.1) is 0 Å². The predicted molar refractivity (Wildman–Crippen MR) is 82.8 cm³/mol. The number of aliphatic hydroxyl groups is 1. The van der Waals surface area contributed by atoms with Gasteiger partial charge in [-0.1, -0.05) is 12.1 Å². The molecule has 0 bridgehead atoms. The van der Waals surface area contributed by atoms with Gasteiger partial charge < -0.3 is 18.9 Å². The molecule has 0 radical (unpaired) electrons. The molecule has 0 aromatic heterocycles. The second-order valence-electron chi connectivity index (χ2n) is 5.38. The quantitative estimate of drug-likeness (QED) is 0.742. The van der Waals surface area contributed by atoms with E-state index in [1.165, 1.54) is 0 Å². The van der Waals surface area contributed by atoms with Crippen molar-refractivity contribution in [2.75, 3.05) is 7.11 Å². The summed E-state index contributed by atoms with van der Waals surface area (Å²) in [5, 5.41) is 10.3.